The molecule has 5 nitrogen and oxygen atoms in total. The van der Waals surface area contributed by atoms with Gasteiger partial charge in [0, 0.05) is 0 Å². The maximum absolute atomic E-state index is 10.4. The molecule has 0 saturated heterocycles. The zero-order valence-corrected chi connectivity index (χ0v) is 9.15. The lowest BCUT2D eigenvalue weighted by molar-refractivity contribution is -0.137. The van der Waals surface area contributed by atoms with Crippen LogP contribution in [0.1, 0.15) is 18.6 Å². The van der Waals surface area contributed by atoms with Crippen molar-refractivity contribution in [3.05, 3.63) is 41.1 Å². The zero-order chi connectivity index (χ0) is 11.3. The van der Waals surface area contributed by atoms with Gasteiger partial charge in [0.15, 0.2) is 0 Å². The number of aliphatic carboxylic acids is 1. The molecule has 1 rings (SSSR count). The molecular weight excluding hydrogens is 244 g/mol. The van der Waals surface area contributed by atoms with Crippen LogP contribution in [-0.2, 0) is 11.2 Å². The fraction of sp³-hybridized carbons (Fsp3) is 0.273. The van der Waals surface area contributed by atoms with Crippen LogP contribution in [0, 0.1) is 0 Å². The predicted molar refractivity (Wildman–Crippen MR) is 69.3 cm³/mol. The average molecular weight is 260 g/mol. The second kappa shape index (κ2) is 8.55. The van der Waals surface area contributed by atoms with Crippen molar-refractivity contribution in [3.8, 4) is 0 Å². The summed E-state index contributed by atoms with van der Waals surface area (Å²) in [6.07, 6.45) is 1.45. The summed E-state index contributed by atoms with van der Waals surface area (Å²) in [4.78, 5) is 10.4. The van der Waals surface area contributed by atoms with Gasteiger partial charge in [-0.15, -0.1) is 12.4 Å². The molecule has 0 aliphatic carbocycles. The predicted octanol–water partition coefficient (Wildman–Crippen LogP) is 2.60. The highest BCUT2D eigenvalue weighted by atomic mass is 35.5. The van der Waals surface area contributed by atoms with E-state index < -0.39 is 12.0 Å². The van der Waals surface area contributed by atoms with E-state index in [0.29, 0.717) is 0 Å². The van der Waals surface area contributed by atoms with Gasteiger partial charge in [0.05, 0.1) is 6.21 Å². The minimum absolute atomic E-state index is 0. The van der Waals surface area contributed by atoms with E-state index in [9.17, 15) is 4.79 Å². The third-order valence-electron chi connectivity index (χ3n) is 1.92. The third-order valence-corrected chi connectivity index (χ3v) is 1.92. The van der Waals surface area contributed by atoms with E-state index in [1.54, 1.807) is 24.3 Å². The van der Waals surface area contributed by atoms with Crippen LogP contribution in [-0.4, -0.2) is 28.5 Å². The van der Waals surface area contributed by atoms with Gasteiger partial charge in [-0.1, -0.05) is 36.8 Å². The molecule has 0 saturated carbocycles. The summed E-state index contributed by atoms with van der Waals surface area (Å²) in [6, 6.07) is 5.68. The normalized spacial score (nSPS) is 11.4. The van der Waals surface area contributed by atoms with Crippen LogP contribution in [0.15, 0.2) is 29.4 Å². The van der Waals surface area contributed by atoms with Gasteiger partial charge in [0.2, 0.25) is 0 Å². The Morgan fingerprint density at radius 3 is 2.35 bits per heavy atom. The van der Waals surface area contributed by atoms with Gasteiger partial charge in [-0.25, -0.2) is 0 Å². The van der Waals surface area contributed by atoms with Gasteiger partial charge in [-0.05, 0) is 23.6 Å². The first-order valence-corrected chi connectivity index (χ1v) is 4.34. The van der Waals surface area contributed by atoms with Gasteiger partial charge in [0.1, 0.15) is 0 Å². The Hall–Kier alpha value is -1.59. The highest BCUT2D eigenvalue weighted by molar-refractivity contribution is 5.85. The molecule has 0 amide bonds. The van der Waals surface area contributed by atoms with Crippen LogP contribution in [0.4, 0.5) is 0 Å². The first-order valence-electron chi connectivity index (χ1n) is 4.34. The van der Waals surface area contributed by atoms with Crippen LogP contribution in [0.5, 0.6) is 0 Å². The second-order valence-corrected chi connectivity index (χ2v) is 3.08. The molecule has 1 aromatic carbocycles. The number of carbonyl (C=O) groups is 1. The number of benzene rings is 1. The number of oxime groups is 1. The Morgan fingerprint density at radius 1 is 1.41 bits per heavy atom. The van der Waals surface area contributed by atoms with Crippen LogP contribution in [0.25, 0.3) is 5.73 Å². The van der Waals surface area contributed by atoms with Crippen molar-refractivity contribution in [1.82, 2.24) is 0 Å². The largest absolute Gasteiger partial charge is 0.665 e. The van der Waals surface area contributed by atoms with Crippen LogP contribution in [0.3, 0.4) is 0 Å². The van der Waals surface area contributed by atoms with Crippen molar-refractivity contribution in [2.75, 3.05) is 0 Å². The maximum Gasteiger partial charge on any atom is 0.285 e. The number of nitrogens with zero attached hydrogens (tertiary/aromatic N) is 1. The lowest BCUT2D eigenvalue weighted by Crippen LogP contribution is -2.17. The quantitative estimate of drug-likeness (QED) is 0.494. The molecule has 1 unspecified atom stereocenters. The molecule has 0 aliphatic heterocycles. The average Bonchev–Trinajstić information content (AvgIpc) is 2.21. The van der Waals surface area contributed by atoms with E-state index >= 15 is 0 Å². The van der Waals surface area contributed by atoms with Gasteiger partial charge in [-0.2, -0.15) is 0 Å². The molecule has 96 valence electrons. The van der Waals surface area contributed by atoms with Crippen molar-refractivity contribution in [2.45, 2.75) is 19.9 Å². The molecule has 3 N–H and O–H groups in total. The number of carboxylic acids is 1. The summed E-state index contributed by atoms with van der Waals surface area (Å²) >= 11 is 0. The van der Waals surface area contributed by atoms with Crippen LogP contribution >= 0.6 is 12.4 Å². The molecular formula is C11H16ClN2O3-. The molecule has 0 aromatic heterocycles. The maximum atomic E-state index is 10.4. The first-order chi connectivity index (χ1) is 7.13. The number of hydrogen-bond acceptors (Lipinski definition) is 3. The van der Waals surface area contributed by atoms with E-state index in [-0.39, 0.29) is 26.3 Å². The number of hydrogen-bond donors (Lipinski definition) is 2. The minimum Gasteiger partial charge on any atom is -0.665 e. The summed E-state index contributed by atoms with van der Waals surface area (Å²) < 4.78 is 0. The lowest BCUT2D eigenvalue weighted by atomic mass is 10.1. The Kier molecular flexibility index (Phi) is 8.95. The Balaban J connectivity index is 0. The van der Waals surface area contributed by atoms with Crippen molar-refractivity contribution in [1.29, 1.82) is 0 Å². The van der Waals surface area contributed by atoms with Gasteiger partial charge in [0.25, 0.3) is 5.97 Å². The monoisotopic (exact) mass is 259 g/mol. The molecule has 6 heteroatoms. The van der Waals surface area contributed by atoms with Crippen molar-refractivity contribution in [2.24, 2.45) is 5.16 Å². The fourth-order valence-electron chi connectivity index (χ4n) is 1.13. The van der Waals surface area contributed by atoms with E-state index in [1.165, 1.54) is 6.21 Å². The molecule has 1 atom stereocenters. The highest BCUT2D eigenvalue weighted by Gasteiger charge is 2.04. The number of halogens is 1. The fourth-order valence-corrected chi connectivity index (χ4v) is 1.13. The summed E-state index contributed by atoms with van der Waals surface area (Å²) in [6.45, 7) is 0. The van der Waals surface area contributed by atoms with Crippen LogP contribution < -0.4 is 0 Å². The Labute approximate surface area is 106 Å². The molecule has 0 heterocycles. The van der Waals surface area contributed by atoms with Gasteiger partial charge in [-0.3, -0.25) is 4.79 Å². The SMILES string of the molecule is C.Cl.[NH-]C(Cc1ccc(/C=N/O)cc1)C(=O)O. The molecule has 0 spiro atoms. The molecule has 1 aromatic rings. The van der Waals surface area contributed by atoms with Gasteiger partial charge >= 0.3 is 0 Å². The molecule has 0 fully saturated rings. The summed E-state index contributed by atoms with van der Waals surface area (Å²) in [5, 5.41) is 19.7. The minimum atomic E-state index is -1.14. The highest BCUT2D eigenvalue weighted by Crippen LogP contribution is 2.07. The van der Waals surface area contributed by atoms with Crippen molar-refractivity contribution >= 4 is 24.6 Å². The lowest BCUT2D eigenvalue weighted by Gasteiger charge is -2.14. The second-order valence-electron chi connectivity index (χ2n) is 3.08. The summed E-state index contributed by atoms with van der Waals surface area (Å²) in [7, 11) is 0. The number of nitrogens with one attached hydrogen (secondary N) is 1. The Bertz CT molecular complexity index is 365. The van der Waals surface area contributed by atoms with Crippen molar-refractivity contribution < 1.29 is 15.1 Å². The number of carboxylic acid groups (broad SMARTS) is 1. The van der Waals surface area contributed by atoms with E-state index in [4.69, 9.17) is 16.0 Å². The number of rotatable bonds is 4. The third kappa shape index (κ3) is 5.89. The standard InChI is InChI=1S/C10H11N2O3.CH4.ClH/c11-9(10(13)14)5-7-1-3-8(4-2-7)6-12-15;;/h1-4,6,9,11,15H,5H2,(H,13,14);1H4;1H/q-1;;/b12-6+;;. The molecule has 0 aliphatic rings. The van der Waals surface area contributed by atoms with Crippen LogP contribution in [0.2, 0.25) is 0 Å². The van der Waals surface area contributed by atoms with E-state index in [1.807, 2.05) is 0 Å². The smallest absolute Gasteiger partial charge is 0.285 e. The molecule has 17 heavy (non-hydrogen) atoms. The Morgan fingerprint density at radius 2 is 1.94 bits per heavy atom. The molecule has 0 radical (unpaired) electrons. The van der Waals surface area contributed by atoms with Crippen molar-refractivity contribution in [3.63, 3.8) is 0 Å². The van der Waals surface area contributed by atoms with E-state index in [0.717, 1.165) is 11.1 Å². The zero-order valence-electron chi connectivity index (χ0n) is 8.33. The first kappa shape index (κ1) is 17.8. The topological polar surface area (TPSA) is 93.7 Å². The summed E-state index contributed by atoms with van der Waals surface area (Å²) in [5.74, 6) is -1.13. The van der Waals surface area contributed by atoms with E-state index in [2.05, 4.69) is 5.16 Å². The molecule has 0 bridgehead atoms. The van der Waals surface area contributed by atoms with Gasteiger partial charge < -0.3 is 16.0 Å². The summed E-state index contributed by atoms with van der Waals surface area (Å²) in [5.41, 5.74) is 8.72.